The second kappa shape index (κ2) is 5.86. The number of hydrogen-bond donors (Lipinski definition) is 2. The molecule has 3 N–H and O–H groups in total. The first kappa shape index (κ1) is 19.1. The van der Waals surface area contributed by atoms with Gasteiger partial charge in [-0.25, -0.2) is 4.39 Å². The number of likely N-dealkylation sites (tertiary alicyclic amines) is 1. The molecule has 2 fully saturated rings. The van der Waals surface area contributed by atoms with Crippen LogP contribution in [0.1, 0.15) is 46.6 Å². The summed E-state index contributed by atoms with van der Waals surface area (Å²) >= 11 is 0. The van der Waals surface area contributed by atoms with E-state index < -0.39 is 28.7 Å². The van der Waals surface area contributed by atoms with Crippen LogP contribution in [0.2, 0.25) is 0 Å². The average molecular weight is 388 g/mol. The van der Waals surface area contributed by atoms with Gasteiger partial charge in [0.1, 0.15) is 23.7 Å². The summed E-state index contributed by atoms with van der Waals surface area (Å²) in [5.41, 5.74) is -0.993. The van der Waals surface area contributed by atoms with Gasteiger partial charge in [0.05, 0.1) is 5.69 Å². The summed E-state index contributed by atoms with van der Waals surface area (Å²) in [6.45, 7) is 9.57. The summed E-state index contributed by atoms with van der Waals surface area (Å²) in [6, 6.07) is 3.93. The molecule has 1 spiro atoms. The zero-order valence-corrected chi connectivity index (χ0v) is 16.9. The normalized spacial score (nSPS) is 31.8. The monoisotopic (exact) mass is 388 g/mol. The fourth-order valence-electron chi connectivity index (χ4n) is 5.36. The van der Waals surface area contributed by atoms with Crippen molar-refractivity contribution in [3.8, 4) is 0 Å². The molecular formula is C21H27FN3O3+. The van der Waals surface area contributed by atoms with E-state index in [4.69, 9.17) is 0 Å². The summed E-state index contributed by atoms with van der Waals surface area (Å²) in [5.74, 6) is -2.49. The molecule has 3 aliphatic rings. The Kier molecular flexibility index (Phi) is 3.99. The number of nitrogens with one attached hydrogen (secondary N) is 1. The third-order valence-corrected chi connectivity index (χ3v) is 6.25. The van der Waals surface area contributed by atoms with Crippen LogP contribution < -0.4 is 10.6 Å². The molecule has 4 rings (SSSR count). The number of carbonyl (C=O) groups excluding carboxylic acids is 3. The first-order valence-electron chi connectivity index (χ1n) is 9.84. The van der Waals surface area contributed by atoms with Crippen molar-refractivity contribution < 1.29 is 24.1 Å². The van der Waals surface area contributed by atoms with Gasteiger partial charge in [-0.15, -0.1) is 0 Å². The molecule has 3 heterocycles. The molecule has 0 bridgehead atoms. The number of fused-ring (bicyclic) bond motifs is 4. The molecule has 1 aromatic rings. The fourth-order valence-corrected chi connectivity index (χ4v) is 5.36. The Bertz CT molecular complexity index is 891. The van der Waals surface area contributed by atoms with Gasteiger partial charge in [-0.1, -0.05) is 13.8 Å². The molecule has 7 heteroatoms. The van der Waals surface area contributed by atoms with E-state index >= 15 is 0 Å². The van der Waals surface area contributed by atoms with Crippen LogP contribution >= 0.6 is 0 Å². The molecule has 150 valence electrons. The quantitative estimate of drug-likeness (QED) is 0.751. The number of hydrogen-bond acceptors (Lipinski definition) is 3. The van der Waals surface area contributed by atoms with Gasteiger partial charge in [-0.2, -0.15) is 0 Å². The molecule has 0 saturated carbocycles. The maximum absolute atomic E-state index is 14.1. The maximum Gasteiger partial charge on any atom is 0.291 e. The Labute approximate surface area is 163 Å². The highest BCUT2D eigenvalue weighted by Crippen LogP contribution is 2.50. The molecule has 1 aromatic carbocycles. The number of nitrogens with zero attached hydrogens (tertiary/aromatic N) is 1. The van der Waals surface area contributed by atoms with E-state index in [9.17, 15) is 18.8 Å². The van der Waals surface area contributed by atoms with Crippen LogP contribution in [-0.4, -0.2) is 34.2 Å². The third-order valence-electron chi connectivity index (χ3n) is 6.25. The van der Waals surface area contributed by atoms with Gasteiger partial charge in [0, 0.05) is 17.5 Å². The Balaban J connectivity index is 1.91. The van der Waals surface area contributed by atoms with E-state index in [1.807, 2.05) is 26.1 Å². The molecule has 6 nitrogen and oxygen atoms in total. The molecule has 0 radical (unpaired) electrons. The predicted molar refractivity (Wildman–Crippen MR) is 100 cm³/mol. The third kappa shape index (κ3) is 2.38. The first-order valence-corrected chi connectivity index (χ1v) is 9.84. The summed E-state index contributed by atoms with van der Waals surface area (Å²) < 4.78 is 14.1. The van der Waals surface area contributed by atoms with E-state index in [1.165, 1.54) is 23.1 Å². The molecule has 3 aliphatic heterocycles. The van der Waals surface area contributed by atoms with Gasteiger partial charge >= 0.3 is 0 Å². The summed E-state index contributed by atoms with van der Waals surface area (Å²) in [5, 5.41) is 4.67. The lowest BCUT2D eigenvalue weighted by Gasteiger charge is -2.33. The van der Waals surface area contributed by atoms with E-state index in [2.05, 4.69) is 19.2 Å². The number of quaternary nitrogens is 1. The van der Waals surface area contributed by atoms with Crippen molar-refractivity contribution in [2.45, 2.75) is 58.2 Å². The van der Waals surface area contributed by atoms with E-state index in [0.717, 1.165) is 0 Å². The topological polar surface area (TPSA) is 83.1 Å². The average Bonchev–Trinajstić information content (AvgIpc) is 3.12. The van der Waals surface area contributed by atoms with Gasteiger partial charge < -0.3 is 10.6 Å². The molecular weight excluding hydrogens is 361 g/mol. The molecule has 0 aromatic heterocycles. The molecule has 4 atom stereocenters. The smallest absolute Gasteiger partial charge is 0.291 e. The van der Waals surface area contributed by atoms with Gasteiger partial charge in [0.2, 0.25) is 17.4 Å². The van der Waals surface area contributed by atoms with Gasteiger partial charge in [0.15, 0.2) is 0 Å². The van der Waals surface area contributed by atoms with Crippen LogP contribution in [0.15, 0.2) is 18.2 Å². The summed E-state index contributed by atoms with van der Waals surface area (Å²) in [4.78, 5) is 41.3. The predicted octanol–water partition coefficient (Wildman–Crippen LogP) is 1.36. The second-order valence-corrected chi connectivity index (χ2v) is 9.66. The van der Waals surface area contributed by atoms with E-state index in [1.54, 1.807) is 0 Å². The van der Waals surface area contributed by atoms with Crippen LogP contribution in [0.4, 0.5) is 10.1 Å². The number of halogens is 1. The Morgan fingerprint density at radius 1 is 1.21 bits per heavy atom. The maximum atomic E-state index is 14.1. The molecule has 28 heavy (non-hydrogen) atoms. The van der Waals surface area contributed by atoms with Crippen LogP contribution in [0.25, 0.3) is 0 Å². The summed E-state index contributed by atoms with van der Waals surface area (Å²) in [7, 11) is 0. The largest absolute Gasteiger partial charge is 0.326 e. The number of carbonyl (C=O) groups is 3. The van der Waals surface area contributed by atoms with Crippen molar-refractivity contribution >= 4 is 23.4 Å². The van der Waals surface area contributed by atoms with Crippen LogP contribution in [0.3, 0.4) is 0 Å². The van der Waals surface area contributed by atoms with Crippen LogP contribution in [0.5, 0.6) is 0 Å². The highest BCUT2D eigenvalue weighted by atomic mass is 19.1. The number of nitrogens with two attached hydrogens (primary N) is 1. The van der Waals surface area contributed by atoms with Gasteiger partial charge in [-0.05, 0) is 44.9 Å². The number of anilines is 1. The van der Waals surface area contributed by atoms with Crippen LogP contribution in [-0.2, 0) is 19.9 Å². The molecule has 2 saturated heterocycles. The second-order valence-electron chi connectivity index (χ2n) is 9.66. The van der Waals surface area contributed by atoms with Crippen molar-refractivity contribution in [3.05, 3.63) is 29.6 Å². The fraction of sp³-hybridized carbons (Fsp3) is 0.571. The van der Waals surface area contributed by atoms with Crippen molar-refractivity contribution in [3.63, 3.8) is 0 Å². The minimum atomic E-state index is -1.30. The Morgan fingerprint density at radius 3 is 2.50 bits per heavy atom. The lowest BCUT2D eigenvalue weighted by molar-refractivity contribution is -0.734. The highest BCUT2D eigenvalue weighted by molar-refractivity contribution is 6.14. The van der Waals surface area contributed by atoms with Gasteiger partial charge in [0.25, 0.3) is 5.91 Å². The molecule has 0 aliphatic carbocycles. The van der Waals surface area contributed by atoms with Crippen molar-refractivity contribution in [1.82, 2.24) is 4.90 Å². The number of rotatable bonds is 2. The van der Waals surface area contributed by atoms with Crippen LogP contribution in [0, 0.1) is 23.6 Å². The standard InChI is InChI=1S/C21H26FN3O3/c1-10(2)8-14-15-16(18(27)25(17(15)26)20(3,4)5)21(24-14)12-9-11(22)6-7-13(12)23-19(21)28/h6-7,9-10,14-16,24H,8H2,1-5H3,(H,23,28)/p+1/t14-,15-,16+,21+/m1/s1. The number of benzene rings is 1. The minimum Gasteiger partial charge on any atom is -0.326 e. The van der Waals surface area contributed by atoms with E-state index in [-0.39, 0.29) is 23.8 Å². The van der Waals surface area contributed by atoms with Crippen molar-refractivity contribution in [1.29, 1.82) is 0 Å². The number of imide groups is 1. The zero-order valence-electron chi connectivity index (χ0n) is 16.9. The first-order chi connectivity index (χ1) is 13.0. The number of amides is 3. The molecule has 3 amide bonds. The summed E-state index contributed by atoms with van der Waals surface area (Å²) in [6.07, 6.45) is 0.692. The van der Waals surface area contributed by atoms with Crippen molar-refractivity contribution in [2.24, 2.45) is 17.8 Å². The zero-order chi connectivity index (χ0) is 20.6. The van der Waals surface area contributed by atoms with Gasteiger partial charge in [-0.3, -0.25) is 19.3 Å². The van der Waals surface area contributed by atoms with Crippen molar-refractivity contribution in [2.75, 3.05) is 5.32 Å². The van der Waals surface area contributed by atoms with E-state index in [0.29, 0.717) is 23.6 Å². The Hall–Kier alpha value is -2.28. The lowest BCUT2D eigenvalue weighted by atomic mass is 9.76. The lowest BCUT2D eigenvalue weighted by Crippen LogP contribution is -2.99. The SMILES string of the molecule is CC(C)C[C@H]1[NH2+][C@]2(C(=O)Nc3ccc(F)cc32)[C@@H]2C(=O)N(C(C)(C)C)C(=O)[C@@H]21. The highest BCUT2D eigenvalue weighted by Gasteiger charge is 2.74. The Morgan fingerprint density at radius 2 is 1.89 bits per heavy atom. The molecule has 0 unspecified atom stereocenters. The minimum absolute atomic E-state index is 0.214.